The molecule has 6 nitrogen and oxygen atoms in total. The number of nitrogens with two attached hydrogens (primary N) is 1. The third-order valence-electron chi connectivity index (χ3n) is 4.64. The quantitative estimate of drug-likeness (QED) is 0.896. The van der Waals surface area contributed by atoms with Crippen molar-refractivity contribution in [3.05, 3.63) is 35.4 Å². The lowest BCUT2D eigenvalue weighted by Gasteiger charge is -2.38. The highest BCUT2D eigenvalue weighted by molar-refractivity contribution is 5.94. The molecule has 23 heavy (non-hydrogen) atoms. The minimum absolute atomic E-state index is 0.0783. The largest absolute Gasteiger partial charge is 0.378 e. The predicted molar refractivity (Wildman–Crippen MR) is 86.3 cm³/mol. The second kappa shape index (κ2) is 7.00. The number of carbonyl (C=O) groups excluding carboxylic acids is 2. The molecular formula is C17H23N3O3. The summed E-state index contributed by atoms with van der Waals surface area (Å²) in [5.41, 5.74) is 7.02. The molecule has 3 amide bonds. The van der Waals surface area contributed by atoms with Crippen LogP contribution >= 0.6 is 0 Å². The van der Waals surface area contributed by atoms with Gasteiger partial charge in [-0.2, -0.15) is 0 Å². The lowest BCUT2D eigenvalue weighted by Crippen LogP contribution is -2.50. The summed E-state index contributed by atoms with van der Waals surface area (Å²) in [6, 6.07) is 7.54. The van der Waals surface area contributed by atoms with Gasteiger partial charge in [-0.3, -0.25) is 4.79 Å². The molecule has 0 radical (unpaired) electrons. The first kappa shape index (κ1) is 15.8. The van der Waals surface area contributed by atoms with E-state index in [1.807, 2.05) is 28.0 Å². The number of likely N-dealkylation sites (tertiary alicyclic amines) is 1. The highest BCUT2D eigenvalue weighted by Crippen LogP contribution is 2.29. The van der Waals surface area contributed by atoms with E-state index < -0.39 is 5.91 Å². The van der Waals surface area contributed by atoms with E-state index in [0.717, 1.165) is 24.9 Å². The van der Waals surface area contributed by atoms with Gasteiger partial charge in [0, 0.05) is 37.7 Å². The summed E-state index contributed by atoms with van der Waals surface area (Å²) >= 11 is 0. The van der Waals surface area contributed by atoms with Crippen molar-refractivity contribution in [2.75, 3.05) is 39.4 Å². The number of amides is 3. The van der Waals surface area contributed by atoms with Gasteiger partial charge in [-0.1, -0.05) is 18.2 Å². The maximum absolute atomic E-state index is 12.7. The lowest BCUT2D eigenvalue weighted by atomic mass is 9.87. The number of hydrogen-bond acceptors (Lipinski definition) is 3. The first-order chi connectivity index (χ1) is 11.2. The summed E-state index contributed by atoms with van der Waals surface area (Å²) in [4.78, 5) is 28.1. The molecule has 2 fully saturated rings. The Morgan fingerprint density at radius 2 is 1.83 bits per heavy atom. The second-order valence-corrected chi connectivity index (χ2v) is 6.12. The van der Waals surface area contributed by atoms with Crippen LogP contribution in [0.15, 0.2) is 24.3 Å². The van der Waals surface area contributed by atoms with Gasteiger partial charge in [0.15, 0.2) is 0 Å². The summed E-state index contributed by atoms with van der Waals surface area (Å²) in [6.45, 7) is 3.92. The first-order valence-electron chi connectivity index (χ1n) is 8.17. The molecule has 124 valence electrons. The van der Waals surface area contributed by atoms with E-state index in [-0.39, 0.29) is 11.9 Å². The Labute approximate surface area is 136 Å². The summed E-state index contributed by atoms with van der Waals surface area (Å²) in [6.07, 6.45) is 1.91. The molecule has 2 aliphatic heterocycles. The summed E-state index contributed by atoms with van der Waals surface area (Å²) in [5.74, 6) is -0.241. The average Bonchev–Trinajstić information content (AvgIpc) is 2.62. The highest BCUT2D eigenvalue weighted by atomic mass is 16.5. The highest BCUT2D eigenvalue weighted by Gasteiger charge is 2.30. The van der Waals surface area contributed by atoms with Crippen molar-refractivity contribution < 1.29 is 14.3 Å². The molecule has 0 bridgehead atoms. The lowest BCUT2D eigenvalue weighted by molar-refractivity contribution is 0.0408. The zero-order chi connectivity index (χ0) is 16.2. The fraction of sp³-hybridized carbons (Fsp3) is 0.529. The fourth-order valence-corrected chi connectivity index (χ4v) is 3.44. The molecule has 2 N–H and O–H groups in total. The van der Waals surface area contributed by atoms with Gasteiger partial charge >= 0.3 is 6.03 Å². The first-order valence-corrected chi connectivity index (χ1v) is 8.17. The summed E-state index contributed by atoms with van der Waals surface area (Å²) < 4.78 is 5.31. The number of nitrogens with zero attached hydrogens (tertiary/aromatic N) is 2. The van der Waals surface area contributed by atoms with Crippen LogP contribution in [0.25, 0.3) is 0 Å². The molecule has 0 aromatic heterocycles. The van der Waals surface area contributed by atoms with Crippen molar-refractivity contribution >= 4 is 11.9 Å². The van der Waals surface area contributed by atoms with E-state index in [0.29, 0.717) is 38.4 Å². The minimum atomic E-state index is -0.405. The number of morpholine rings is 1. The fourth-order valence-electron chi connectivity index (χ4n) is 3.44. The SMILES string of the molecule is NC(=O)c1ccccc1[C@@H]1CCCN(C(=O)N2CCOCC2)C1. The van der Waals surface area contributed by atoms with Crippen LogP contribution in [0.2, 0.25) is 0 Å². The monoisotopic (exact) mass is 317 g/mol. The van der Waals surface area contributed by atoms with Crippen molar-refractivity contribution in [2.45, 2.75) is 18.8 Å². The van der Waals surface area contributed by atoms with E-state index in [4.69, 9.17) is 10.5 Å². The van der Waals surface area contributed by atoms with Gasteiger partial charge in [0.25, 0.3) is 0 Å². The Kier molecular flexibility index (Phi) is 4.81. The number of benzene rings is 1. The molecule has 0 saturated carbocycles. The molecule has 1 aromatic rings. The van der Waals surface area contributed by atoms with Gasteiger partial charge in [0.2, 0.25) is 5.91 Å². The molecule has 2 saturated heterocycles. The molecule has 0 spiro atoms. The van der Waals surface area contributed by atoms with Crippen molar-refractivity contribution in [1.29, 1.82) is 0 Å². The molecular weight excluding hydrogens is 294 g/mol. The topological polar surface area (TPSA) is 75.9 Å². The third kappa shape index (κ3) is 3.47. The standard InChI is InChI=1S/C17H23N3O3/c18-16(21)15-6-2-1-5-14(15)13-4-3-7-20(12-13)17(22)19-8-10-23-11-9-19/h1-2,5-6,13H,3-4,7-12H2,(H2,18,21)/t13-/m1/s1. The van der Waals surface area contributed by atoms with Crippen LogP contribution in [0, 0.1) is 0 Å². The summed E-state index contributed by atoms with van der Waals surface area (Å²) in [7, 11) is 0. The van der Waals surface area contributed by atoms with Gasteiger partial charge < -0.3 is 20.3 Å². The van der Waals surface area contributed by atoms with E-state index in [1.165, 1.54) is 0 Å². The Hall–Kier alpha value is -2.08. The van der Waals surface area contributed by atoms with Crippen LogP contribution in [0.3, 0.4) is 0 Å². The molecule has 1 aromatic carbocycles. The van der Waals surface area contributed by atoms with Crippen molar-refractivity contribution in [1.82, 2.24) is 9.80 Å². The van der Waals surface area contributed by atoms with Crippen LogP contribution in [-0.4, -0.2) is 61.1 Å². The second-order valence-electron chi connectivity index (χ2n) is 6.12. The van der Waals surface area contributed by atoms with Crippen LogP contribution in [0.5, 0.6) is 0 Å². The van der Waals surface area contributed by atoms with Crippen molar-refractivity contribution in [2.24, 2.45) is 5.73 Å². The van der Waals surface area contributed by atoms with Crippen LogP contribution in [0.4, 0.5) is 4.79 Å². The molecule has 0 unspecified atom stereocenters. The normalized spacial score (nSPS) is 22.0. The molecule has 1 atom stereocenters. The van der Waals surface area contributed by atoms with E-state index in [9.17, 15) is 9.59 Å². The number of carbonyl (C=O) groups is 2. The Bertz CT molecular complexity index is 584. The number of primary amides is 1. The maximum atomic E-state index is 12.7. The number of hydrogen-bond donors (Lipinski definition) is 1. The Morgan fingerprint density at radius 3 is 2.57 bits per heavy atom. The van der Waals surface area contributed by atoms with Crippen molar-refractivity contribution in [3.8, 4) is 0 Å². The number of ether oxygens (including phenoxy) is 1. The molecule has 6 heteroatoms. The van der Waals surface area contributed by atoms with E-state index in [2.05, 4.69) is 0 Å². The van der Waals surface area contributed by atoms with Gasteiger partial charge in [-0.15, -0.1) is 0 Å². The third-order valence-corrected chi connectivity index (χ3v) is 4.64. The van der Waals surface area contributed by atoms with Gasteiger partial charge in [0.05, 0.1) is 13.2 Å². The Balaban J connectivity index is 1.73. The smallest absolute Gasteiger partial charge is 0.320 e. The summed E-state index contributed by atoms with van der Waals surface area (Å²) in [5, 5.41) is 0. The molecule has 3 rings (SSSR count). The predicted octanol–water partition coefficient (Wildman–Crippen LogP) is 1.42. The average molecular weight is 317 g/mol. The molecule has 2 heterocycles. The zero-order valence-corrected chi connectivity index (χ0v) is 13.2. The Morgan fingerprint density at radius 1 is 1.09 bits per heavy atom. The maximum Gasteiger partial charge on any atom is 0.320 e. The van der Waals surface area contributed by atoms with Gasteiger partial charge in [-0.25, -0.2) is 4.79 Å². The zero-order valence-electron chi connectivity index (χ0n) is 13.2. The molecule has 2 aliphatic rings. The van der Waals surface area contributed by atoms with E-state index in [1.54, 1.807) is 6.07 Å². The van der Waals surface area contributed by atoms with Crippen molar-refractivity contribution in [3.63, 3.8) is 0 Å². The van der Waals surface area contributed by atoms with Crippen LogP contribution < -0.4 is 5.73 Å². The van der Waals surface area contributed by atoms with Gasteiger partial charge in [-0.05, 0) is 24.5 Å². The number of urea groups is 1. The molecule has 0 aliphatic carbocycles. The van der Waals surface area contributed by atoms with E-state index >= 15 is 0 Å². The number of piperidine rings is 1. The van der Waals surface area contributed by atoms with Gasteiger partial charge in [0.1, 0.15) is 0 Å². The van der Waals surface area contributed by atoms with Crippen LogP contribution in [-0.2, 0) is 4.74 Å². The minimum Gasteiger partial charge on any atom is -0.378 e. The number of rotatable bonds is 2. The van der Waals surface area contributed by atoms with Crippen LogP contribution in [0.1, 0.15) is 34.7 Å².